The lowest BCUT2D eigenvalue weighted by Gasteiger charge is -2.58. The van der Waals surface area contributed by atoms with Gasteiger partial charge in [-0.25, -0.2) is 0 Å². The maximum atomic E-state index is 6.39. The average molecular weight is 859 g/mol. The normalized spacial score (nSPS) is 35.4. The summed E-state index contributed by atoms with van der Waals surface area (Å²) in [6, 6.07) is 0. The summed E-state index contributed by atoms with van der Waals surface area (Å²) in [5, 5.41) is 0. The van der Waals surface area contributed by atoms with Gasteiger partial charge in [-0.3, -0.25) is 0 Å². The lowest BCUT2D eigenvalue weighted by molar-refractivity contribution is -0.488. The van der Waals surface area contributed by atoms with Gasteiger partial charge in [0.1, 0.15) is 73.2 Å². The van der Waals surface area contributed by atoms with Crippen LogP contribution in [0.5, 0.6) is 0 Å². The van der Waals surface area contributed by atoms with Gasteiger partial charge in [0.15, 0.2) is 0 Å². The van der Waals surface area contributed by atoms with Crippen molar-refractivity contribution in [2.75, 3.05) is 161 Å². The summed E-state index contributed by atoms with van der Waals surface area (Å²) in [5.74, 6) is 0. The Morgan fingerprint density at radius 2 is 0.407 bits per heavy atom. The lowest BCUT2D eigenvalue weighted by Crippen LogP contribution is -2.76. The molecule has 6 heterocycles. The van der Waals surface area contributed by atoms with E-state index in [9.17, 15) is 0 Å². The van der Waals surface area contributed by atoms with Gasteiger partial charge < -0.3 is 99.5 Å². The first-order valence-corrected chi connectivity index (χ1v) is 20.6. The van der Waals surface area contributed by atoms with Gasteiger partial charge in [-0.15, -0.1) is 0 Å². The summed E-state index contributed by atoms with van der Waals surface area (Å²) < 4.78 is 123. The van der Waals surface area contributed by atoms with Gasteiger partial charge in [-0.05, 0) is 0 Å². The molecule has 0 aromatic heterocycles. The number of methoxy groups -OCH3 is 4. The largest absolute Gasteiger partial charge is 0.382 e. The quantitative estimate of drug-likeness (QED) is 0.0691. The van der Waals surface area contributed by atoms with E-state index < -0.39 is 86.2 Å². The van der Waals surface area contributed by atoms with Crippen LogP contribution in [-0.4, -0.2) is 247 Å². The van der Waals surface area contributed by atoms with Gasteiger partial charge >= 0.3 is 0 Å². The molecule has 0 N–H and O–H groups in total. The Labute approximate surface area is 346 Å². The first-order chi connectivity index (χ1) is 29.2. The third-order valence-electron chi connectivity index (χ3n) is 10.5. The van der Waals surface area contributed by atoms with Crippen LogP contribution in [-0.2, 0) is 99.5 Å². The molecule has 14 atom stereocenters. The Hall–Kier alpha value is -0.840. The predicted octanol–water partition coefficient (Wildman–Crippen LogP) is -1.07. The average Bonchev–Trinajstić information content (AvgIpc) is 3.24. The van der Waals surface area contributed by atoms with E-state index in [2.05, 4.69) is 0 Å². The smallest absolute Gasteiger partial charge is 0.272 e. The monoisotopic (exact) mass is 858 g/mol. The minimum Gasteiger partial charge on any atom is -0.382 e. The molecule has 2 aliphatic carbocycles. The summed E-state index contributed by atoms with van der Waals surface area (Å²) in [5.41, 5.74) is 0. The molecule has 0 aromatic carbocycles. The van der Waals surface area contributed by atoms with Gasteiger partial charge in [-0.1, -0.05) is 0 Å². The van der Waals surface area contributed by atoms with Crippen molar-refractivity contribution in [3.8, 4) is 0 Å². The van der Waals surface area contributed by atoms with E-state index in [1.165, 1.54) is 0 Å². The molecule has 344 valence electrons. The third-order valence-corrected chi connectivity index (χ3v) is 10.5. The number of ether oxygens (including phenoxy) is 21. The van der Waals surface area contributed by atoms with Crippen LogP contribution in [0.4, 0.5) is 0 Å². The van der Waals surface area contributed by atoms with E-state index in [0.717, 1.165) is 0 Å². The van der Waals surface area contributed by atoms with E-state index in [4.69, 9.17) is 99.5 Å². The Kier molecular flexibility index (Phi) is 21.6. The Morgan fingerprint density at radius 1 is 0.237 bits per heavy atom. The molecular weight excluding hydrogens is 792 g/mol. The molecule has 8 rings (SSSR count). The molecule has 8 aliphatic rings. The summed E-state index contributed by atoms with van der Waals surface area (Å²) in [7, 11) is 6.51. The summed E-state index contributed by atoms with van der Waals surface area (Å²) in [4.78, 5) is 0. The van der Waals surface area contributed by atoms with Crippen LogP contribution in [0.3, 0.4) is 0 Å². The SMILES string of the molecule is COCCOCCOC1C2OC3O[C@H]1C(OCCOCCOC)[C@H](O3)[C@H]2OCCOCCO[C@@H]1C2OC3O[C@@H](C2OCCOCCOC)C(OCCOCCOC)[C@H]1O3. The maximum absolute atomic E-state index is 6.39. The highest BCUT2D eigenvalue weighted by Crippen LogP contribution is 2.45. The van der Waals surface area contributed by atoms with Crippen LogP contribution in [0.25, 0.3) is 0 Å². The summed E-state index contributed by atoms with van der Waals surface area (Å²) in [6.07, 6.45) is -5.53. The molecule has 0 spiro atoms. The Balaban J connectivity index is 0.971. The molecule has 0 radical (unpaired) electrons. The van der Waals surface area contributed by atoms with Crippen LogP contribution in [0.2, 0.25) is 0 Å². The van der Waals surface area contributed by atoms with Crippen LogP contribution in [0, 0.1) is 0 Å². The van der Waals surface area contributed by atoms with Crippen LogP contribution in [0.1, 0.15) is 0 Å². The maximum Gasteiger partial charge on any atom is 0.272 e. The highest BCUT2D eigenvalue weighted by atomic mass is 16.9. The second-order valence-electron chi connectivity index (χ2n) is 14.2. The Morgan fingerprint density at radius 3 is 0.576 bits per heavy atom. The van der Waals surface area contributed by atoms with Crippen molar-refractivity contribution < 1.29 is 99.5 Å². The van der Waals surface area contributed by atoms with E-state index in [1.54, 1.807) is 28.4 Å². The Bertz CT molecular complexity index is 964. The fraction of sp³-hybridized carbons (Fsp3) is 1.00. The standard InChI is InChI=1S/C38H66O21/c1-39-5-9-43-13-19-48-25-31-26(49-20-14-44-10-6-40-2)34-29(33(25)56-37(54-31)57-34)52-23-17-47-18-24-53-30-35-27(50-21-15-45-11-7-41-3)32-28(36(30)59-38(55-32)58-35)51-22-16-46-12-8-42-4/h25-38H,5-24H2,1-4H3/t25?,26?,27?,28?,29-,30-,31+,32+,33+,34?,35?,36-,37?,38?. The molecule has 0 aromatic rings. The van der Waals surface area contributed by atoms with Gasteiger partial charge in [0.05, 0.1) is 132 Å². The van der Waals surface area contributed by atoms with E-state index in [1.807, 2.05) is 0 Å². The fourth-order valence-electron chi connectivity index (χ4n) is 7.81. The molecule has 59 heavy (non-hydrogen) atoms. The van der Waals surface area contributed by atoms with Gasteiger partial charge in [0.25, 0.3) is 13.0 Å². The van der Waals surface area contributed by atoms with Gasteiger partial charge in [-0.2, -0.15) is 0 Å². The zero-order chi connectivity index (χ0) is 41.1. The van der Waals surface area contributed by atoms with E-state index in [0.29, 0.717) is 106 Å². The first kappa shape index (κ1) is 47.6. The van der Waals surface area contributed by atoms with Crippen molar-refractivity contribution in [1.29, 1.82) is 0 Å². The number of hydrogen-bond donors (Lipinski definition) is 0. The zero-order valence-corrected chi connectivity index (χ0v) is 34.8. The molecule has 8 unspecified atom stereocenters. The minimum atomic E-state index is -0.831. The summed E-state index contributed by atoms with van der Waals surface area (Å²) >= 11 is 0. The molecule has 2 saturated carbocycles. The molecule has 21 heteroatoms. The molecule has 8 fully saturated rings. The van der Waals surface area contributed by atoms with Crippen LogP contribution >= 0.6 is 0 Å². The first-order valence-electron chi connectivity index (χ1n) is 20.6. The number of rotatable bonds is 36. The lowest BCUT2D eigenvalue weighted by atomic mass is 9.82. The number of hydrogen-bond acceptors (Lipinski definition) is 21. The highest BCUT2D eigenvalue weighted by molar-refractivity contribution is 5.09. The fourth-order valence-corrected chi connectivity index (χ4v) is 7.81. The third kappa shape index (κ3) is 13.6. The highest BCUT2D eigenvalue weighted by Gasteiger charge is 2.65. The van der Waals surface area contributed by atoms with Crippen molar-refractivity contribution in [1.82, 2.24) is 0 Å². The van der Waals surface area contributed by atoms with Crippen LogP contribution < -0.4 is 0 Å². The molecule has 0 amide bonds. The topological polar surface area (TPSA) is 194 Å². The van der Waals surface area contributed by atoms with Crippen molar-refractivity contribution in [2.45, 2.75) is 86.2 Å². The molecule has 6 aliphatic heterocycles. The van der Waals surface area contributed by atoms with Gasteiger partial charge in [0, 0.05) is 28.4 Å². The predicted molar refractivity (Wildman–Crippen MR) is 197 cm³/mol. The van der Waals surface area contributed by atoms with Crippen LogP contribution in [0.15, 0.2) is 0 Å². The second-order valence-corrected chi connectivity index (χ2v) is 14.2. The molecule has 6 saturated heterocycles. The minimum absolute atomic E-state index is 0.257. The molecule has 21 nitrogen and oxygen atoms in total. The van der Waals surface area contributed by atoms with Crippen molar-refractivity contribution in [2.24, 2.45) is 0 Å². The molecule has 8 bridgehead atoms. The second kappa shape index (κ2) is 26.7. The van der Waals surface area contributed by atoms with Crippen molar-refractivity contribution in [3.63, 3.8) is 0 Å². The van der Waals surface area contributed by atoms with E-state index >= 15 is 0 Å². The van der Waals surface area contributed by atoms with Gasteiger partial charge in [0.2, 0.25) is 0 Å². The summed E-state index contributed by atoms with van der Waals surface area (Å²) in [6.45, 7) is 6.12. The van der Waals surface area contributed by atoms with Crippen molar-refractivity contribution >= 4 is 0 Å². The van der Waals surface area contributed by atoms with Crippen molar-refractivity contribution in [3.05, 3.63) is 0 Å². The van der Waals surface area contributed by atoms with E-state index in [-0.39, 0.29) is 26.4 Å². The zero-order valence-electron chi connectivity index (χ0n) is 34.8. The molecular formula is C38H66O21.